The van der Waals surface area contributed by atoms with E-state index in [-0.39, 0.29) is 6.29 Å². The molecule has 6 aromatic carbocycles. The second-order valence-corrected chi connectivity index (χ2v) is 12.7. The average Bonchev–Trinajstić information content (AvgIpc) is 3.76. The van der Waals surface area contributed by atoms with Gasteiger partial charge in [0, 0.05) is 59.3 Å². The van der Waals surface area contributed by atoms with Gasteiger partial charge in [0.05, 0.1) is 22.1 Å². The van der Waals surface area contributed by atoms with Crippen molar-refractivity contribution in [2.45, 2.75) is 6.29 Å². The summed E-state index contributed by atoms with van der Waals surface area (Å²) in [6.07, 6.45) is 3.75. The van der Waals surface area contributed by atoms with Gasteiger partial charge in [0.2, 0.25) is 6.29 Å². The summed E-state index contributed by atoms with van der Waals surface area (Å²) in [5, 5.41) is 11.5. The van der Waals surface area contributed by atoms with E-state index in [1.54, 1.807) is 0 Å². The average molecular weight is 595 g/mol. The smallest absolute Gasteiger partial charge is 0.200 e. The van der Waals surface area contributed by atoms with Crippen LogP contribution in [-0.4, -0.2) is 15.3 Å². The number of thiophene rings is 1. The number of rotatable bonds is 3. The molecule has 10 rings (SSSR count). The van der Waals surface area contributed by atoms with Crippen LogP contribution in [0.25, 0.3) is 75.2 Å². The van der Waals surface area contributed by atoms with Crippen molar-refractivity contribution in [1.29, 1.82) is 0 Å². The van der Waals surface area contributed by atoms with Crippen LogP contribution in [0.15, 0.2) is 145 Å². The van der Waals surface area contributed by atoms with Crippen LogP contribution in [0.4, 0.5) is 0 Å². The van der Waals surface area contributed by atoms with Crippen LogP contribution in [-0.2, 0) is 0 Å². The number of fused-ring (bicyclic) bond motifs is 10. The maximum atomic E-state index is 4.97. The van der Waals surface area contributed by atoms with Gasteiger partial charge >= 0.3 is 0 Å². The number of aromatic nitrogens is 2. The first-order valence-electron chi connectivity index (χ1n) is 15.3. The van der Waals surface area contributed by atoms with Gasteiger partial charge in [0.1, 0.15) is 0 Å². The van der Waals surface area contributed by atoms with Gasteiger partial charge in [0.15, 0.2) is 0 Å². The lowest BCUT2D eigenvalue weighted by atomic mass is 10.1. The molecule has 1 N–H and O–H groups in total. The van der Waals surface area contributed by atoms with Gasteiger partial charge in [0.25, 0.3) is 0 Å². The molecule has 0 bridgehead atoms. The largest absolute Gasteiger partial charge is 0.346 e. The number of aliphatic imine (C=N–C) groups is 1. The number of allylic oxidation sites excluding steroid dienone is 1. The van der Waals surface area contributed by atoms with Crippen LogP contribution in [0.1, 0.15) is 11.9 Å². The molecule has 4 heterocycles. The Morgan fingerprint density at radius 2 is 1.27 bits per heavy atom. The van der Waals surface area contributed by atoms with Gasteiger partial charge in [-0.05, 0) is 54.1 Å². The fourth-order valence-corrected chi connectivity index (χ4v) is 8.53. The second-order valence-electron chi connectivity index (χ2n) is 11.6. The molecule has 0 amide bonds. The van der Waals surface area contributed by atoms with Crippen LogP contribution in [0.3, 0.4) is 0 Å². The number of nitrogens with one attached hydrogen (secondary N) is 1. The SMILES string of the molecule is C1=NC(n2c3ccccc3c3c4sc5ccccc5c4ccc32)NC(c2cccc(-n3c4ccccc4c4ccccc43)c2)=C1. The molecule has 0 fully saturated rings. The van der Waals surface area contributed by atoms with E-state index in [0.29, 0.717) is 0 Å². The molecule has 45 heavy (non-hydrogen) atoms. The number of hydrogen-bond donors (Lipinski definition) is 1. The summed E-state index contributed by atoms with van der Waals surface area (Å²) in [5.41, 5.74) is 8.08. The molecule has 3 aromatic heterocycles. The Labute approximate surface area is 262 Å². The summed E-state index contributed by atoms with van der Waals surface area (Å²) in [6, 6.07) is 48.1. The molecular weight excluding hydrogens is 569 g/mol. The van der Waals surface area contributed by atoms with Gasteiger partial charge in [-0.1, -0.05) is 91.0 Å². The number of nitrogens with zero attached hydrogens (tertiary/aromatic N) is 3. The topological polar surface area (TPSA) is 34.2 Å². The summed E-state index contributed by atoms with van der Waals surface area (Å²) < 4.78 is 7.37. The Morgan fingerprint density at radius 3 is 2.07 bits per heavy atom. The van der Waals surface area contributed by atoms with E-state index < -0.39 is 0 Å². The first kappa shape index (κ1) is 24.8. The third kappa shape index (κ3) is 3.56. The third-order valence-electron chi connectivity index (χ3n) is 9.21. The van der Waals surface area contributed by atoms with Crippen molar-refractivity contribution >= 4 is 87.0 Å². The van der Waals surface area contributed by atoms with E-state index in [9.17, 15) is 0 Å². The highest BCUT2D eigenvalue weighted by Gasteiger charge is 2.23. The van der Waals surface area contributed by atoms with E-state index >= 15 is 0 Å². The Bertz CT molecular complexity index is 2650. The molecule has 0 spiro atoms. The van der Waals surface area contributed by atoms with Crippen LogP contribution in [0.5, 0.6) is 0 Å². The van der Waals surface area contributed by atoms with Crippen molar-refractivity contribution in [2.24, 2.45) is 4.99 Å². The van der Waals surface area contributed by atoms with Crippen molar-refractivity contribution in [3.05, 3.63) is 145 Å². The first-order chi connectivity index (χ1) is 22.3. The predicted octanol–water partition coefficient (Wildman–Crippen LogP) is 10.4. The lowest BCUT2D eigenvalue weighted by Crippen LogP contribution is -2.26. The quantitative estimate of drug-likeness (QED) is 0.217. The van der Waals surface area contributed by atoms with E-state index in [1.807, 2.05) is 17.6 Å². The molecule has 1 aliphatic rings. The van der Waals surface area contributed by atoms with Gasteiger partial charge in [-0.15, -0.1) is 11.3 Å². The molecule has 1 unspecified atom stereocenters. The van der Waals surface area contributed by atoms with Gasteiger partial charge in [-0.2, -0.15) is 0 Å². The summed E-state index contributed by atoms with van der Waals surface area (Å²) in [5.74, 6) is 0. The molecule has 212 valence electrons. The van der Waals surface area contributed by atoms with Crippen LogP contribution >= 0.6 is 11.3 Å². The standard InChI is InChI=1S/C40H26N4S/c1-5-16-33-27(12-1)28-13-2-6-17-34(28)43(33)26-11-9-10-25(24-26)32-22-23-41-40(42-32)44-35-18-7-3-15-31(35)38-36(44)21-20-30-29-14-4-8-19-37(29)45-39(30)38/h1-24,40,42H. The summed E-state index contributed by atoms with van der Waals surface area (Å²) in [6.45, 7) is 0. The zero-order valence-electron chi connectivity index (χ0n) is 24.2. The Hall–Kier alpha value is -5.65. The van der Waals surface area contributed by atoms with Crippen molar-refractivity contribution in [3.63, 3.8) is 0 Å². The summed E-state index contributed by atoms with van der Waals surface area (Å²) >= 11 is 1.88. The van der Waals surface area contributed by atoms with Crippen molar-refractivity contribution in [2.75, 3.05) is 0 Å². The van der Waals surface area contributed by atoms with E-state index in [2.05, 4.69) is 154 Å². The highest BCUT2D eigenvalue weighted by atomic mass is 32.1. The zero-order valence-corrected chi connectivity index (χ0v) is 25.0. The first-order valence-corrected chi connectivity index (χ1v) is 16.1. The number of hydrogen-bond acceptors (Lipinski definition) is 3. The third-order valence-corrected chi connectivity index (χ3v) is 10.4. The Morgan fingerprint density at radius 1 is 0.578 bits per heavy atom. The summed E-state index contributed by atoms with van der Waals surface area (Å²) in [7, 11) is 0. The lowest BCUT2D eigenvalue weighted by Gasteiger charge is -2.24. The molecule has 0 radical (unpaired) electrons. The molecular formula is C40H26N4S. The maximum Gasteiger partial charge on any atom is 0.200 e. The Kier molecular flexibility index (Phi) is 5.18. The maximum absolute atomic E-state index is 4.97. The van der Waals surface area contributed by atoms with E-state index in [1.165, 1.54) is 63.8 Å². The van der Waals surface area contributed by atoms with E-state index in [4.69, 9.17) is 4.99 Å². The highest BCUT2D eigenvalue weighted by Crippen LogP contribution is 2.43. The highest BCUT2D eigenvalue weighted by molar-refractivity contribution is 7.26. The molecule has 5 heteroatoms. The van der Waals surface area contributed by atoms with Crippen LogP contribution in [0.2, 0.25) is 0 Å². The second kappa shape index (κ2) is 9.42. The van der Waals surface area contributed by atoms with Gasteiger partial charge in [-0.25, -0.2) is 4.99 Å². The van der Waals surface area contributed by atoms with E-state index in [0.717, 1.165) is 16.9 Å². The van der Waals surface area contributed by atoms with Crippen molar-refractivity contribution in [3.8, 4) is 5.69 Å². The van der Waals surface area contributed by atoms with Gasteiger partial charge < -0.3 is 14.5 Å². The van der Waals surface area contributed by atoms with Crippen molar-refractivity contribution in [1.82, 2.24) is 14.5 Å². The monoisotopic (exact) mass is 594 g/mol. The van der Waals surface area contributed by atoms with Crippen LogP contribution < -0.4 is 5.32 Å². The van der Waals surface area contributed by atoms with Crippen LogP contribution in [0, 0.1) is 0 Å². The minimum absolute atomic E-state index is 0.281. The lowest BCUT2D eigenvalue weighted by molar-refractivity contribution is 0.510. The molecule has 0 saturated carbocycles. The molecule has 0 aliphatic carbocycles. The Balaban J connectivity index is 1.10. The normalized spacial score (nSPS) is 15.1. The fourth-order valence-electron chi connectivity index (χ4n) is 7.28. The van der Waals surface area contributed by atoms with Crippen molar-refractivity contribution < 1.29 is 0 Å². The predicted molar refractivity (Wildman–Crippen MR) is 192 cm³/mol. The number of para-hydroxylation sites is 3. The fraction of sp³-hybridized carbons (Fsp3) is 0.0250. The molecule has 9 aromatic rings. The molecule has 4 nitrogen and oxygen atoms in total. The molecule has 0 saturated heterocycles. The number of benzene rings is 6. The molecule has 1 atom stereocenters. The minimum atomic E-state index is -0.281. The minimum Gasteiger partial charge on any atom is -0.346 e. The van der Waals surface area contributed by atoms with Gasteiger partial charge in [-0.3, -0.25) is 0 Å². The molecule has 1 aliphatic heterocycles. The zero-order chi connectivity index (χ0) is 29.5. The summed E-state index contributed by atoms with van der Waals surface area (Å²) in [4.78, 5) is 4.97.